The van der Waals surface area contributed by atoms with E-state index in [1.54, 1.807) is 19.2 Å². The van der Waals surface area contributed by atoms with Crippen LogP contribution in [0, 0.1) is 13.8 Å². The third-order valence-electron chi connectivity index (χ3n) is 3.60. The lowest BCUT2D eigenvalue weighted by Gasteiger charge is -2.07. The number of hydrogen-bond acceptors (Lipinski definition) is 3. The molecule has 0 spiro atoms. The predicted molar refractivity (Wildman–Crippen MR) is 91.4 cm³/mol. The lowest BCUT2D eigenvalue weighted by Crippen LogP contribution is -2.22. The summed E-state index contributed by atoms with van der Waals surface area (Å²) in [6.07, 6.45) is 3.48. The molecule has 0 saturated heterocycles. The van der Waals surface area contributed by atoms with Gasteiger partial charge in [-0.15, -0.1) is 0 Å². The molecule has 5 nitrogen and oxygen atoms in total. The maximum atomic E-state index is 12.3. The molecular weight excluding hydrogens is 300 g/mol. The highest BCUT2D eigenvalue weighted by Gasteiger charge is 2.06. The third-order valence-corrected chi connectivity index (χ3v) is 3.60. The summed E-state index contributed by atoms with van der Waals surface area (Å²) in [6.45, 7) is 4.45. The van der Waals surface area contributed by atoms with Gasteiger partial charge >= 0.3 is 0 Å². The second-order valence-electron chi connectivity index (χ2n) is 5.58. The van der Waals surface area contributed by atoms with Crippen LogP contribution in [0.25, 0.3) is 0 Å². The Morgan fingerprint density at radius 1 is 1.08 bits per heavy atom. The van der Waals surface area contributed by atoms with Crippen molar-refractivity contribution in [1.82, 2.24) is 14.5 Å². The van der Waals surface area contributed by atoms with E-state index < -0.39 is 0 Å². The van der Waals surface area contributed by atoms with Crippen molar-refractivity contribution in [2.75, 3.05) is 0 Å². The normalized spacial score (nSPS) is 11.5. The number of benzene rings is 1. The summed E-state index contributed by atoms with van der Waals surface area (Å²) in [7, 11) is 0. The van der Waals surface area contributed by atoms with E-state index in [1.807, 2.05) is 29.0 Å². The highest BCUT2D eigenvalue weighted by Crippen LogP contribution is 2.04. The summed E-state index contributed by atoms with van der Waals surface area (Å²) >= 11 is 0. The number of rotatable bonds is 3. The standard InChI is InChI=1S/C19H18N4O/c1-14-6-8-16(9-7-14)13-23-12-4-3-5-18(23)22-19(24)17-10-11-20-15(2)21-17/h3-12H,13H2,1-2H3. The molecule has 0 aliphatic carbocycles. The van der Waals surface area contributed by atoms with Crippen molar-refractivity contribution in [3.8, 4) is 0 Å². The Kier molecular flexibility index (Phi) is 4.61. The van der Waals surface area contributed by atoms with Crippen LogP contribution in [-0.2, 0) is 6.54 Å². The van der Waals surface area contributed by atoms with Crippen molar-refractivity contribution in [3.63, 3.8) is 0 Å². The molecule has 0 radical (unpaired) electrons. The predicted octanol–water partition coefficient (Wildman–Crippen LogP) is 2.68. The molecule has 0 aliphatic rings. The number of carbonyl (C=O) groups is 1. The fourth-order valence-electron chi connectivity index (χ4n) is 2.33. The second kappa shape index (κ2) is 7.00. The van der Waals surface area contributed by atoms with Gasteiger partial charge in [-0.25, -0.2) is 9.97 Å². The molecule has 0 atom stereocenters. The van der Waals surface area contributed by atoms with Crippen LogP contribution in [0.15, 0.2) is 65.9 Å². The summed E-state index contributed by atoms with van der Waals surface area (Å²) in [5.41, 5.74) is 3.27. The van der Waals surface area contributed by atoms with E-state index >= 15 is 0 Å². The SMILES string of the molecule is Cc1ccc(Cn2ccccc2=NC(=O)c2ccnc(C)n2)cc1. The maximum Gasteiger partial charge on any atom is 0.297 e. The van der Waals surface area contributed by atoms with Crippen LogP contribution in [0.1, 0.15) is 27.4 Å². The Morgan fingerprint density at radius 3 is 2.62 bits per heavy atom. The molecule has 1 aromatic carbocycles. The van der Waals surface area contributed by atoms with Crippen LogP contribution in [0.3, 0.4) is 0 Å². The van der Waals surface area contributed by atoms with E-state index in [9.17, 15) is 4.79 Å². The van der Waals surface area contributed by atoms with Gasteiger partial charge in [0.25, 0.3) is 5.91 Å². The van der Waals surface area contributed by atoms with Gasteiger partial charge in [0.15, 0.2) is 0 Å². The number of aryl methyl sites for hydroxylation is 2. The minimum Gasteiger partial charge on any atom is -0.328 e. The Bertz CT molecular complexity index is 926. The zero-order valence-corrected chi connectivity index (χ0v) is 13.7. The summed E-state index contributed by atoms with van der Waals surface area (Å²) in [5, 5.41) is 0. The number of nitrogens with zero attached hydrogens (tertiary/aromatic N) is 4. The van der Waals surface area contributed by atoms with Crippen LogP contribution in [0.5, 0.6) is 0 Å². The van der Waals surface area contributed by atoms with Gasteiger partial charge in [0.2, 0.25) is 0 Å². The summed E-state index contributed by atoms with van der Waals surface area (Å²) in [6, 6.07) is 15.5. The minimum atomic E-state index is -0.371. The van der Waals surface area contributed by atoms with Crippen molar-refractivity contribution >= 4 is 5.91 Å². The first kappa shape index (κ1) is 15.8. The monoisotopic (exact) mass is 318 g/mol. The molecule has 0 aliphatic heterocycles. The molecule has 1 amide bonds. The topological polar surface area (TPSA) is 60.1 Å². The average molecular weight is 318 g/mol. The first-order valence-electron chi connectivity index (χ1n) is 7.71. The Balaban J connectivity index is 1.93. The van der Waals surface area contributed by atoms with Gasteiger partial charge in [-0.1, -0.05) is 35.9 Å². The lowest BCUT2D eigenvalue weighted by atomic mass is 10.1. The Morgan fingerprint density at radius 2 is 1.88 bits per heavy atom. The first-order chi connectivity index (χ1) is 11.6. The molecule has 120 valence electrons. The van der Waals surface area contributed by atoms with Crippen molar-refractivity contribution in [2.24, 2.45) is 4.99 Å². The number of pyridine rings is 1. The van der Waals surface area contributed by atoms with Crippen LogP contribution in [0.4, 0.5) is 0 Å². The molecule has 0 fully saturated rings. The first-order valence-corrected chi connectivity index (χ1v) is 7.71. The number of carbonyl (C=O) groups excluding carboxylic acids is 1. The smallest absolute Gasteiger partial charge is 0.297 e. The van der Waals surface area contributed by atoms with E-state index in [-0.39, 0.29) is 5.91 Å². The highest BCUT2D eigenvalue weighted by atomic mass is 16.1. The van der Waals surface area contributed by atoms with E-state index in [0.717, 1.165) is 5.56 Å². The average Bonchev–Trinajstić information content (AvgIpc) is 2.58. The fraction of sp³-hybridized carbons (Fsp3) is 0.158. The molecule has 2 heterocycles. The number of amides is 1. The molecular formula is C19H18N4O. The molecule has 24 heavy (non-hydrogen) atoms. The largest absolute Gasteiger partial charge is 0.328 e. The van der Waals surface area contributed by atoms with Gasteiger partial charge in [0.05, 0.1) is 0 Å². The number of hydrogen-bond donors (Lipinski definition) is 0. The van der Waals surface area contributed by atoms with E-state index in [2.05, 4.69) is 46.1 Å². The third kappa shape index (κ3) is 3.81. The Hall–Kier alpha value is -3.08. The van der Waals surface area contributed by atoms with E-state index in [4.69, 9.17) is 0 Å². The van der Waals surface area contributed by atoms with E-state index in [0.29, 0.717) is 23.6 Å². The van der Waals surface area contributed by atoms with Crippen molar-refractivity contribution in [2.45, 2.75) is 20.4 Å². The lowest BCUT2D eigenvalue weighted by molar-refractivity contribution is 0.0992. The van der Waals surface area contributed by atoms with Crippen LogP contribution in [0.2, 0.25) is 0 Å². The van der Waals surface area contributed by atoms with Crippen molar-refractivity contribution in [3.05, 3.63) is 89.1 Å². The Labute approximate surface area is 140 Å². The zero-order valence-electron chi connectivity index (χ0n) is 13.7. The highest BCUT2D eigenvalue weighted by molar-refractivity contribution is 5.92. The molecule has 5 heteroatoms. The molecule has 3 rings (SSSR count). The van der Waals surface area contributed by atoms with Crippen LogP contribution >= 0.6 is 0 Å². The zero-order chi connectivity index (χ0) is 16.9. The summed E-state index contributed by atoms with van der Waals surface area (Å²) < 4.78 is 1.94. The molecule has 0 unspecified atom stereocenters. The quantitative estimate of drug-likeness (QED) is 0.746. The van der Waals surface area contributed by atoms with Gasteiger partial charge in [-0.3, -0.25) is 4.79 Å². The van der Waals surface area contributed by atoms with E-state index in [1.165, 1.54) is 5.56 Å². The number of aromatic nitrogens is 3. The van der Waals surface area contributed by atoms with Gasteiger partial charge in [-0.05, 0) is 37.6 Å². The molecule has 3 aromatic rings. The maximum absolute atomic E-state index is 12.3. The summed E-state index contributed by atoms with van der Waals surface area (Å²) in [5.74, 6) is 0.181. The molecule has 0 bridgehead atoms. The molecule has 0 saturated carbocycles. The van der Waals surface area contributed by atoms with Crippen LogP contribution < -0.4 is 5.49 Å². The second-order valence-corrected chi connectivity index (χ2v) is 5.58. The fourth-order valence-corrected chi connectivity index (χ4v) is 2.33. The van der Waals surface area contributed by atoms with Crippen molar-refractivity contribution < 1.29 is 4.79 Å². The summed E-state index contributed by atoms with van der Waals surface area (Å²) in [4.78, 5) is 24.7. The van der Waals surface area contributed by atoms with Gasteiger partial charge in [0, 0.05) is 18.9 Å². The van der Waals surface area contributed by atoms with Gasteiger partial charge < -0.3 is 4.57 Å². The molecule has 0 N–H and O–H groups in total. The molecule has 2 aromatic heterocycles. The van der Waals surface area contributed by atoms with Crippen LogP contribution in [-0.4, -0.2) is 20.4 Å². The van der Waals surface area contributed by atoms with Crippen molar-refractivity contribution in [1.29, 1.82) is 0 Å². The van der Waals surface area contributed by atoms with Gasteiger partial charge in [0.1, 0.15) is 17.0 Å². The van der Waals surface area contributed by atoms with Gasteiger partial charge in [-0.2, -0.15) is 4.99 Å². The minimum absolute atomic E-state index is 0.299.